The van der Waals surface area contributed by atoms with Gasteiger partial charge in [0, 0.05) is 39.3 Å². The van der Waals surface area contributed by atoms with Gasteiger partial charge < -0.3 is 20.4 Å². The van der Waals surface area contributed by atoms with Gasteiger partial charge in [0.2, 0.25) is 24.1 Å². The normalized spacial score (nSPS) is 9.33. The molecule has 132 valence electrons. The van der Waals surface area contributed by atoms with Crippen molar-refractivity contribution in [1.82, 2.24) is 20.4 Å². The Bertz CT molecular complexity index is 490. The summed E-state index contributed by atoms with van der Waals surface area (Å²) in [6.45, 7) is 11.8. The SMILES string of the molecule is C=CC(=O)NCCN(C=O)CCN(CCNC(=O)C=C)C(=O)C=C. The van der Waals surface area contributed by atoms with E-state index in [1.807, 2.05) is 0 Å². The molecule has 0 aliphatic heterocycles. The van der Waals surface area contributed by atoms with Crippen LogP contribution in [0.1, 0.15) is 0 Å². The molecule has 8 heteroatoms. The highest BCUT2D eigenvalue weighted by molar-refractivity contribution is 5.88. The summed E-state index contributed by atoms with van der Waals surface area (Å²) in [5, 5.41) is 5.13. The molecule has 0 aromatic heterocycles. The lowest BCUT2D eigenvalue weighted by atomic mass is 10.4. The van der Waals surface area contributed by atoms with Crippen LogP contribution in [-0.2, 0) is 19.2 Å². The zero-order chi connectivity index (χ0) is 18.4. The molecule has 0 radical (unpaired) electrons. The average Bonchev–Trinajstić information content (AvgIpc) is 2.61. The second-order valence-electron chi connectivity index (χ2n) is 4.66. The number of nitrogens with zero attached hydrogens (tertiary/aromatic N) is 2. The number of amides is 4. The molecule has 8 nitrogen and oxygen atoms in total. The van der Waals surface area contributed by atoms with Gasteiger partial charge in [-0.05, 0) is 18.2 Å². The van der Waals surface area contributed by atoms with E-state index in [9.17, 15) is 19.2 Å². The van der Waals surface area contributed by atoms with Crippen LogP contribution in [0.15, 0.2) is 38.0 Å². The molecule has 4 amide bonds. The average molecular weight is 336 g/mol. The van der Waals surface area contributed by atoms with Crippen LogP contribution in [0.25, 0.3) is 0 Å². The minimum Gasteiger partial charge on any atom is -0.351 e. The highest BCUT2D eigenvalue weighted by atomic mass is 16.2. The molecule has 0 atom stereocenters. The first-order valence-electron chi connectivity index (χ1n) is 7.39. The molecule has 0 aliphatic carbocycles. The molecule has 0 aromatic rings. The Morgan fingerprint density at radius 2 is 1.33 bits per heavy atom. The van der Waals surface area contributed by atoms with Gasteiger partial charge in [0.15, 0.2) is 0 Å². The van der Waals surface area contributed by atoms with Gasteiger partial charge in [-0.15, -0.1) is 0 Å². The maximum Gasteiger partial charge on any atom is 0.246 e. The Morgan fingerprint density at radius 1 is 0.792 bits per heavy atom. The molecule has 0 fully saturated rings. The lowest BCUT2D eigenvalue weighted by Gasteiger charge is -2.25. The van der Waals surface area contributed by atoms with Crippen LogP contribution < -0.4 is 10.6 Å². The molecular weight excluding hydrogens is 312 g/mol. The van der Waals surface area contributed by atoms with Crippen LogP contribution in [0.4, 0.5) is 0 Å². The Hall–Kier alpha value is -2.90. The summed E-state index contributed by atoms with van der Waals surface area (Å²) in [5.74, 6) is -0.940. The maximum absolute atomic E-state index is 11.8. The Labute approximate surface area is 141 Å². The highest BCUT2D eigenvalue weighted by Gasteiger charge is 2.12. The van der Waals surface area contributed by atoms with E-state index in [0.29, 0.717) is 19.5 Å². The molecule has 24 heavy (non-hydrogen) atoms. The molecule has 0 saturated heterocycles. The first-order chi connectivity index (χ1) is 11.5. The van der Waals surface area contributed by atoms with E-state index in [-0.39, 0.29) is 43.9 Å². The molecule has 0 spiro atoms. The van der Waals surface area contributed by atoms with Gasteiger partial charge in [-0.3, -0.25) is 19.2 Å². The number of rotatable bonds is 13. The van der Waals surface area contributed by atoms with Gasteiger partial charge in [0.05, 0.1) is 0 Å². The first kappa shape index (κ1) is 21.1. The number of carbonyl (C=O) groups excluding carboxylic acids is 4. The largest absolute Gasteiger partial charge is 0.351 e. The van der Waals surface area contributed by atoms with Crippen molar-refractivity contribution in [2.45, 2.75) is 0 Å². The number of carbonyl (C=O) groups is 4. The molecule has 0 saturated carbocycles. The van der Waals surface area contributed by atoms with E-state index in [0.717, 1.165) is 12.2 Å². The fourth-order valence-electron chi connectivity index (χ4n) is 1.71. The van der Waals surface area contributed by atoms with Crippen LogP contribution in [0, 0.1) is 0 Å². The van der Waals surface area contributed by atoms with Gasteiger partial charge in [0.1, 0.15) is 0 Å². The summed E-state index contributed by atoms with van der Waals surface area (Å²) in [5.41, 5.74) is 0. The third-order valence-corrected chi connectivity index (χ3v) is 3.04. The molecule has 0 aromatic carbocycles. The molecule has 2 N–H and O–H groups in total. The zero-order valence-corrected chi connectivity index (χ0v) is 13.7. The van der Waals surface area contributed by atoms with Crippen LogP contribution in [0.3, 0.4) is 0 Å². The Balaban J connectivity index is 4.36. The summed E-state index contributed by atoms with van der Waals surface area (Å²) >= 11 is 0. The fourth-order valence-corrected chi connectivity index (χ4v) is 1.71. The van der Waals surface area contributed by atoms with E-state index < -0.39 is 0 Å². The van der Waals surface area contributed by atoms with E-state index >= 15 is 0 Å². The molecule has 0 heterocycles. The molecule has 0 aliphatic rings. The predicted octanol–water partition coefficient (Wildman–Crippen LogP) is -0.936. The van der Waals surface area contributed by atoms with E-state index in [2.05, 4.69) is 30.4 Å². The van der Waals surface area contributed by atoms with E-state index in [1.54, 1.807) is 0 Å². The number of hydrogen-bond acceptors (Lipinski definition) is 4. The van der Waals surface area contributed by atoms with Gasteiger partial charge in [-0.25, -0.2) is 0 Å². The van der Waals surface area contributed by atoms with Crippen molar-refractivity contribution in [1.29, 1.82) is 0 Å². The lowest BCUT2D eigenvalue weighted by molar-refractivity contribution is -0.127. The number of hydrogen-bond donors (Lipinski definition) is 2. The summed E-state index contributed by atoms with van der Waals surface area (Å²) in [6.07, 6.45) is 4.11. The standard InChI is InChI=1S/C16H24N4O4/c1-4-14(22)17-7-9-19(13-21)11-12-20(16(24)6-3)10-8-18-15(23)5-2/h4-6,13H,1-3,7-12H2,(H,17,22)(H,18,23). The van der Waals surface area contributed by atoms with E-state index in [1.165, 1.54) is 15.9 Å². The summed E-state index contributed by atoms with van der Waals surface area (Å²) < 4.78 is 0. The topological polar surface area (TPSA) is 98.8 Å². The second-order valence-corrected chi connectivity index (χ2v) is 4.66. The summed E-state index contributed by atoms with van der Waals surface area (Å²) in [6, 6.07) is 0. The van der Waals surface area contributed by atoms with Crippen molar-refractivity contribution in [2.24, 2.45) is 0 Å². The minimum absolute atomic E-state index is 0.265. The highest BCUT2D eigenvalue weighted by Crippen LogP contribution is 1.93. The number of nitrogens with one attached hydrogen (secondary N) is 2. The zero-order valence-electron chi connectivity index (χ0n) is 13.7. The summed E-state index contributed by atoms with van der Waals surface area (Å²) in [7, 11) is 0. The van der Waals surface area contributed by atoms with E-state index in [4.69, 9.17) is 0 Å². The van der Waals surface area contributed by atoms with Gasteiger partial charge in [-0.1, -0.05) is 19.7 Å². The van der Waals surface area contributed by atoms with Crippen molar-refractivity contribution in [3.8, 4) is 0 Å². The summed E-state index contributed by atoms with van der Waals surface area (Å²) in [4.78, 5) is 47.9. The van der Waals surface area contributed by atoms with Crippen molar-refractivity contribution in [3.05, 3.63) is 38.0 Å². The Kier molecular flexibility index (Phi) is 11.1. The third kappa shape index (κ3) is 9.19. The molecule has 0 rings (SSSR count). The van der Waals surface area contributed by atoms with Crippen LogP contribution in [-0.4, -0.2) is 73.2 Å². The van der Waals surface area contributed by atoms with Crippen molar-refractivity contribution >= 4 is 24.1 Å². The van der Waals surface area contributed by atoms with Crippen molar-refractivity contribution in [2.75, 3.05) is 39.3 Å². The lowest BCUT2D eigenvalue weighted by Crippen LogP contribution is -2.43. The quantitative estimate of drug-likeness (QED) is 0.335. The molecular formula is C16H24N4O4. The smallest absolute Gasteiger partial charge is 0.246 e. The minimum atomic E-state index is -0.325. The molecule has 0 bridgehead atoms. The van der Waals surface area contributed by atoms with Crippen molar-refractivity contribution in [3.63, 3.8) is 0 Å². The fraction of sp³-hybridized carbons (Fsp3) is 0.375. The van der Waals surface area contributed by atoms with Crippen molar-refractivity contribution < 1.29 is 19.2 Å². The predicted molar refractivity (Wildman–Crippen MR) is 90.8 cm³/mol. The Morgan fingerprint density at radius 3 is 1.79 bits per heavy atom. The van der Waals surface area contributed by atoms with Gasteiger partial charge in [-0.2, -0.15) is 0 Å². The maximum atomic E-state index is 11.8. The third-order valence-electron chi connectivity index (χ3n) is 3.04. The van der Waals surface area contributed by atoms with Crippen LogP contribution in [0.5, 0.6) is 0 Å². The van der Waals surface area contributed by atoms with Crippen LogP contribution >= 0.6 is 0 Å². The first-order valence-corrected chi connectivity index (χ1v) is 7.39. The monoisotopic (exact) mass is 336 g/mol. The second kappa shape index (κ2) is 12.6. The molecule has 0 unspecified atom stereocenters. The van der Waals surface area contributed by atoms with Gasteiger partial charge >= 0.3 is 0 Å². The van der Waals surface area contributed by atoms with Crippen LogP contribution in [0.2, 0.25) is 0 Å². The van der Waals surface area contributed by atoms with Gasteiger partial charge in [0.25, 0.3) is 0 Å².